The number of nitrogens with zero attached hydrogens (tertiary/aromatic N) is 5. The second-order valence-corrected chi connectivity index (χ2v) is 10.6. The molecule has 5 heterocycles. The van der Waals surface area contributed by atoms with Gasteiger partial charge in [-0.25, -0.2) is 14.6 Å². The van der Waals surface area contributed by atoms with Crippen molar-refractivity contribution in [2.24, 2.45) is 5.92 Å². The number of anilines is 2. The van der Waals surface area contributed by atoms with Gasteiger partial charge in [0.2, 0.25) is 5.88 Å². The van der Waals surface area contributed by atoms with Crippen molar-refractivity contribution in [1.29, 1.82) is 0 Å². The van der Waals surface area contributed by atoms with Crippen molar-refractivity contribution in [3.05, 3.63) is 36.3 Å². The molecular formula is C27H33N7O4. The molecule has 11 nitrogen and oxygen atoms in total. The highest BCUT2D eigenvalue weighted by Crippen LogP contribution is 2.36. The fourth-order valence-electron chi connectivity index (χ4n) is 5.30. The quantitative estimate of drug-likeness (QED) is 0.488. The molecule has 1 saturated carbocycles. The van der Waals surface area contributed by atoms with Crippen LogP contribution < -0.4 is 15.8 Å². The maximum Gasteiger partial charge on any atom is 0.314 e. The summed E-state index contributed by atoms with van der Waals surface area (Å²) < 4.78 is 13.4. The molecule has 3 aromatic heterocycles. The zero-order valence-corrected chi connectivity index (χ0v) is 21.5. The molecule has 11 heteroatoms. The fraction of sp³-hybridized carbons (Fsp3) is 0.519. The lowest BCUT2D eigenvalue weighted by Crippen LogP contribution is -2.46. The van der Waals surface area contributed by atoms with E-state index >= 15 is 0 Å². The predicted molar refractivity (Wildman–Crippen MR) is 140 cm³/mol. The van der Waals surface area contributed by atoms with Gasteiger partial charge in [-0.1, -0.05) is 6.92 Å². The maximum atomic E-state index is 13.5. The average molecular weight is 520 g/mol. The van der Waals surface area contributed by atoms with E-state index in [1.807, 2.05) is 12.1 Å². The van der Waals surface area contributed by atoms with Crippen LogP contribution in [0.4, 0.5) is 11.5 Å². The van der Waals surface area contributed by atoms with Crippen LogP contribution in [0, 0.1) is 5.92 Å². The molecule has 3 unspecified atom stereocenters. The van der Waals surface area contributed by atoms with Crippen LogP contribution in [0.1, 0.15) is 69.7 Å². The number of hydrogen-bond donors (Lipinski definition) is 2. The molecular weight excluding hydrogens is 486 g/mol. The van der Waals surface area contributed by atoms with Crippen molar-refractivity contribution in [3.8, 4) is 5.88 Å². The summed E-state index contributed by atoms with van der Waals surface area (Å²) in [4.78, 5) is 37.0. The first-order valence-corrected chi connectivity index (χ1v) is 13.5. The Morgan fingerprint density at radius 2 is 2.03 bits per heavy atom. The van der Waals surface area contributed by atoms with Gasteiger partial charge in [0.15, 0.2) is 0 Å². The largest absolute Gasteiger partial charge is 0.474 e. The zero-order valence-electron chi connectivity index (χ0n) is 21.5. The lowest BCUT2D eigenvalue weighted by Gasteiger charge is -2.38. The van der Waals surface area contributed by atoms with E-state index in [9.17, 15) is 9.59 Å². The number of likely N-dealkylation sites (tertiary alicyclic amines) is 1. The SMILES string of the molecule is CC1CCC(c2ccnc(OC3CC3)c2)N(C(=O)C(=O)Nc2cnc(N)c3cn(C4CCCCO4)nc23)C1. The zero-order chi connectivity index (χ0) is 26.2. The van der Waals surface area contributed by atoms with Gasteiger partial charge in [0.1, 0.15) is 23.7 Å². The summed E-state index contributed by atoms with van der Waals surface area (Å²) in [6.45, 7) is 3.25. The third-order valence-corrected chi connectivity index (χ3v) is 7.52. The monoisotopic (exact) mass is 519 g/mol. The topological polar surface area (TPSA) is 137 Å². The minimum Gasteiger partial charge on any atom is -0.474 e. The van der Waals surface area contributed by atoms with Crippen molar-refractivity contribution in [1.82, 2.24) is 24.6 Å². The molecule has 0 radical (unpaired) electrons. The van der Waals surface area contributed by atoms with Gasteiger partial charge >= 0.3 is 11.8 Å². The van der Waals surface area contributed by atoms with Gasteiger partial charge in [-0.05, 0) is 62.5 Å². The number of piperidine rings is 1. The first kappa shape index (κ1) is 24.6. The number of rotatable bonds is 5. The smallest absolute Gasteiger partial charge is 0.314 e. The van der Waals surface area contributed by atoms with E-state index in [4.69, 9.17) is 15.2 Å². The summed E-state index contributed by atoms with van der Waals surface area (Å²) in [5.41, 5.74) is 7.85. The first-order chi connectivity index (χ1) is 18.5. The molecule has 3 aromatic rings. The van der Waals surface area contributed by atoms with Crippen LogP contribution in [0.3, 0.4) is 0 Å². The lowest BCUT2D eigenvalue weighted by molar-refractivity contribution is -0.146. The normalized spacial score (nSPS) is 23.8. The van der Waals surface area contributed by atoms with E-state index in [0.717, 1.165) is 50.5 Å². The van der Waals surface area contributed by atoms with E-state index < -0.39 is 11.8 Å². The number of fused-ring (bicyclic) bond motifs is 1. The summed E-state index contributed by atoms with van der Waals surface area (Å²) in [5.74, 6) is -0.179. The second-order valence-electron chi connectivity index (χ2n) is 10.6. The average Bonchev–Trinajstić information content (AvgIpc) is 3.63. The molecule has 38 heavy (non-hydrogen) atoms. The molecule has 6 rings (SSSR count). The van der Waals surface area contributed by atoms with Crippen LogP contribution >= 0.6 is 0 Å². The summed E-state index contributed by atoms with van der Waals surface area (Å²) in [6.07, 6.45) is 11.7. The second kappa shape index (κ2) is 10.2. The van der Waals surface area contributed by atoms with E-state index in [0.29, 0.717) is 41.4 Å². The van der Waals surface area contributed by atoms with Crippen molar-refractivity contribution in [3.63, 3.8) is 0 Å². The number of aromatic nitrogens is 4. The van der Waals surface area contributed by atoms with Gasteiger partial charge in [-0.3, -0.25) is 9.59 Å². The van der Waals surface area contributed by atoms with Crippen LogP contribution in [0.25, 0.3) is 10.9 Å². The van der Waals surface area contributed by atoms with Crippen LogP contribution in [-0.4, -0.2) is 55.7 Å². The highest BCUT2D eigenvalue weighted by atomic mass is 16.5. The molecule has 0 bridgehead atoms. The molecule has 2 aliphatic heterocycles. The predicted octanol–water partition coefficient (Wildman–Crippen LogP) is 3.59. The Balaban J connectivity index is 1.23. The maximum absolute atomic E-state index is 13.5. The Morgan fingerprint density at radius 1 is 1.16 bits per heavy atom. The summed E-state index contributed by atoms with van der Waals surface area (Å²) in [6, 6.07) is 3.55. The molecule has 2 saturated heterocycles. The minimum atomic E-state index is -0.732. The number of carbonyl (C=O) groups excluding carboxylic acids is 2. The molecule has 200 valence electrons. The number of carbonyl (C=O) groups is 2. The van der Waals surface area contributed by atoms with Gasteiger partial charge in [-0.2, -0.15) is 5.10 Å². The summed E-state index contributed by atoms with van der Waals surface area (Å²) >= 11 is 0. The van der Waals surface area contributed by atoms with Crippen LogP contribution in [0.5, 0.6) is 5.88 Å². The van der Waals surface area contributed by atoms with E-state index in [2.05, 4.69) is 27.3 Å². The van der Waals surface area contributed by atoms with Crippen LogP contribution in [-0.2, 0) is 14.3 Å². The Kier molecular flexibility index (Phi) is 6.61. The number of amides is 2. The number of ether oxygens (including phenoxy) is 2. The minimum absolute atomic E-state index is 0.189. The standard InChI is InChI=1S/C27H33N7O4/c1-16-5-8-21(17-9-10-29-22(12-17)38-18-6-7-18)33(14-16)27(36)26(35)31-20-13-30-25(28)19-15-34(32-24(19)20)23-4-2-3-11-37-23/h9-10,12-13,15-16,18,21,23H,2-8,11,14H2,1H3,(H2,28,30)(H,31,35). The number of nitrogen functional groups attached to an aromatic ring is 1. The number of hydrogen-bond acceptors (Lipinski definition) is 8. The number of pyridine rings is 2. The van der Waals surface area contributed by atoms with Gasteiger partial charge in [0.25, 0.3) is 0 Å². The fourth-order valence-corrected chi connectivity index (χ4v) is 5.30. The first-order valence-electron chi connectivity index (χ1n) is 13.5. The third kappa shape index (κ3) is 5.02. The Hall–Kier alpha value is -3.73. The molecule has 3 atom stereocenters. The molecule has 0 spiro atoms. The molecule has 3 fully saturated rings. The molecule has 3 aliphatic rings. The van der Waals surface area contributed by atoms with Crippen molar-refractivity contribution in [2.45, 2.75) is 70.2 Å². The summed E-state index contributed by atoms with van der Waals surface area (Å²) in [5, 5.41) is 8.01. The molecule has 1 aliphatic carbocycles. The van der Waals surface area contributed by atoms with Gasteiger partial charge < -0.3 is 25.4 Å². The van der Waals surface area contributed by atoms with E-state index in [-0.39, 0.29) is 24.3 Å². The van der Waals surface area contributed by atoms with E-state index in [1.165, 1.54) is 6.20 Å². The van der Waals surface area contributed by atoms with Crippen LogP contribution in [0.2, 0.25) is 0 Å². The van der Waals surface area contributed by atoms with Crippen LogP contribution in [0.15, 0.2) is 30.7 Å². The van der Waals surface area contributed by atoms with Gasteiger partial charge in [-0.15, -0.1) is 0 Å². The Morgan fingerprint density at radius 3 is 2.82 bits per heavy atom. The number of nitrogens with two attached hydrogens (primary N) is 1. The Bertz CT molecular complexity index is 1350. The van der Waals surface area contributed by atoms with Gasteiger partial charge in [0, 0.05) is 31.6 Å². The highest BCUT2D eigenvalue weighted by Gasteiger charge is 2.35. The highest BCUT2D eigenvalue weighted by molar-refractivity contribution is 6.40. The summed E-state index contributed by atoms with van der Waals surface area (Å²) in [7, 11) is 0. The number of nitrogens with one attached hydrogen (secondary N) is 1. The van der Waals surface area contributed by atoms with Gasteiger partial charge in [0.05, 0.1) is 23.3 Å². The van der Waals surface area contributed by atoms with Crippen molar-refractivity contribution >= 4 is 34.2 Å². The lowest BCUT2D eigenvalue weighted by atomic mass is 9.90. The Labute approximate surface area is 220 Å². The van der Waals surface area contributed by atoms with Crippen molar-refractivity contribution in [2.75, 3.05) is 24.2 Å². The molecule has 2 amide bonds. The van der Waals surface area contributed by atoms with E-state index in [1.54, 1.807) is 22.0 Å². The van der Waals surface area contributed by atoms with Crippen molar-refractivity contribution < 1.29 is 19.1 Å². The molecule has 3 N–H and O–H groups in total. The third-order valence-electron chi connectivity index (χ3n) is 7.52. The molecule has 0 aromatic carbocycles.